The van der Waals surface area contributed by atoms with Gasteiger partial charge in [0.2, 0.25) is 0 Å². The smallest absolute Gasteiger partial charge is 0.190 e. The second-order valence-electron chi connectivity index (χ2n) is 6.07. The highest BCUT2D eigenvalue weighted by Gasteiger charge is 2.19. The van der Waals surface area contributed by atoms with Crippen LogP contribution in [0.3, 0.4) is 0 Å². The van der Waals surface area contributed by atoms with Crippen molar-refractivity contribution in [2.75, 3.05) is 19.8 Å². The lowest BCUT2D eigenvalue weighted by Gasteiger charge is -2.10. The van der Waals surface area contributed by atoms with E-state index in [4.69, 9.17) is 9.84 Å². The molecule has 27 heavy (non-hydrogen) atoms. The van der Waals surface area contributed by atoms with Crippen LogP contribution in [0.15, 0.2) is 42.9 Å². The molecular weight excluding hydrogens is 466 g/mol. The van der Waals surface area contributed by atoms with E-state index >= 15 is 0 Å². The number of ketones is 1. The summed E-state index contributed by atoms with van der Waals surface area (Å²) in [5.41, 5.74) is 2.28. The van der Waals surface area contributed by atoms with Gasteiger partial charge in [0.15, 0.2) is 5.78 Å². The number of halogens is 2. The van der Waals surface area contributed by atoms with Gasteiger partial charge in [-0.25, -0.2) is 9.37 Å². The summed E-state index contributed by atoms with van der Waals surface area (Å²) in [6, 6.07) is 8.45. The predicted molar refractivity (Wildman–Crippen MR) is 105 cm³/mol. The van der Waals surface area contributed by atoms with Crippen LogP contribution in [0.25, 0.3) is 5.52 Å². The Morgan fingerprint density at radius 1 is 1.33 bits per heavy atom. The van der Waals surface area contributed by atoms with Gasteiger partial charge in [0.05, 0.1) is 19.5 Å². The molecule has 2 heterocycles. The molecule has 0 bridgehead atoms. The van der Waals surface area contributed by atoms with Gasteiger partial charge in [0, 0.05) is 33.0 Å². The van der Waals surface area contributed by atoms with Crippen molar-refractivity contribution in [1.82, 2.24) is 9.38 Å². The maximum Gasteiger partial charge on any atom is 0.190 e. The van der Waals surface area contributed by atoms with Crippen molar-refractivity contribution in [3.8, 4) is 0 Å². The van der Waals surface area contributed by atoms with Crippen LogP contribution in [0.1, 0.15) is 21.6 Å². The Morgan fingerprint density at radius 2 is 2.15 bits per heavy atom. The van der Waals surface area contributed by atoms with Gasteiger partial charge in [-0.2, -0.15) is 0 Å². The minimum Gasteiger partial charge on any atom is -0.394 e. The van der Waals surface area contributed by atoms with E-state index in [1.165, 1.54) is 6.07 Å². The van der Waals surface area contributed by atoms with Crippen molar-refractivity contribution in [3.63, 3.8) is 0 Å². The summed E-state index contributed by atoms with van der Waals surface area (Å²) in [6.07, 6.45) is 2.40. The fourth-order valence-electron chi connectivity index (χ4n) is 2.76. The first kappa shape index (κ1) is 19.9. The summed E-state index contributed by atoms with van der Waals surface area (Å²) in [4.78, 5) is 16.7. The standard InChI is InChI=1S/C19H18FIN2O4/c20-17-6-13(21)2-1-12(17)5-18-16(7-14-3-4-22-11-23(14)18)19(26)10-27-9-15(25)8-24/h1-4,6-7,11,15,24-25H,5,8-10H2/t15-/m1/s1. The third kappa shape index (κ3) is 4.70. The monoisotopic (exact) mass is 484 g/mol. The number of ether oxygens (including phenoxy) is 1. The van der Waals surface area contributed by atoms with Crippen molar-refractivity contribution in [2.24, 2.45) is 0 Å². The third-order valence-electron chi connectivity index (χ3n) is 4.11. The lowest BCUT2D eigenvalue weighted by Crippen LogP contribution is -2.22. The lowest BCUT2D eigenvalue weighted by atomic mass is 10.0. The van der Waals surface area contributed by atoms with Crippen LogP contribution in [0.5, 0.6) is 0 Å². The molecule has 0 aliphatic heterocycles. The molecule has 0 unspecified atom stereocenters. The number of hydrogen-bond donors (Lipinski definition) is 2. The number of carbonyl (C=O) groups is 1. The SMILES string of the molecule is O=C(COC[C@H](O)CO)c1cc2ccncn2c1Cc1ccc(I)cc1F. The van der Waals surface area contributed by atoms with Crippen LogP contribution in [-0.2, 0) is 11.2 Å². The van der Waals surface area contributed by atoms with Crippen LogP contribution in [0, 0.1) is 9.39 Å². The van der Waals surface area contributed by atoms with Crippen molar-refractivity contribution < 1.29 is 24.1 Å². The predicted octanol–water partition coefficient (Wildman–Crippen LogP) is 2.22. The Kier molecular flexibility index (Phi) is 6.53. The number of aromatic nitrogens is 2. The topological polar surface area (TPSA) is 84.1 Å². The first-order valence-corrected chi connectivity index (χ1v) is 9.35. The molecule has 0 fully saturated rings. The zero-order valence-electron chi connectivity index (χ0n) is 14.3. The molecule has 0 aliphatic rings. The molecule has 142 valence electrons. The number of carbonyl (C=O) groups excluding carboxylic acids is 1. The molecule has 1 atom stereocenters. The molecule has 0 saturated carbocycles. The van der Waals surface area contributed by atoms with E-state index < -0.39 is 12.7 Å². The number of aliphatic hydroxyl groups is 2. The van der Waals surface area contributed by atoms with Crippen LogP contribution < -0.4 is 0 Å². The maximum atomic E-state index is 14.3. The Bertz CT molecular complexity index is 960. The lowest BCUT2D eigenvalue weighted by molar-refractivity contribution is 0.00895. The minimum atomic E-state index is -1.03. The van der Waals surface area contributed by atoms with Crippen molar-refractivity contribution >= 4 is 33.9 Å². The van der Waals surface area contributed by atoms with Gasteiger partial charge in [-0.05, 0) is 52.4 Å². The molecule has 0 amide bonds. The van der Waals surface area contributed by atoms with Gasteiger partial charge < -0.3 is 19.4 Å². The van der Waals surface area contributed by atoms with E-state index in [-0.39, 0.29) is 31.2 Å². The zero-order chi connectivity index (χ0) is 19.4. The average molecular weight is 484 g/mol. The fourth-order valence-corrected chi connectivity index (χ4v) is 3.21. The molecule has 0 saturated heterocycles. The Labute approximate surface area is 168 Å². The van der Waals surface area contributed by atoms with E-state index in [2.05, 4.69) is 4.98 Å². The average Bonchev–Trinajstić information content (AvgIpc) is 3.02. The van der Waals surface area contributed by atoms with Gasteiger partial charge in [0.25, 0.3) is 0 Å². The molecule has 3 aromatic rings. The molecule has 6 nitrogen and oxygen atoms in total. The summed E-state index contributed by atoms with van der Waals surface area (Å²) < 4.78 is 22.0. The minimum absolute atomic E-state index is 0.141. The van der Waals surface area contributed by atoms with Crippen molar-refractivity contribution in [2.45, 2.75) is 12.5 Å². The highest BCUT2D eigenvalue weighted by Crippen LogP contribution is 2.22. The molecule has 1 aromatic carbocycles. The van der Waals surface area contributed by atoms with Crippen LogP contribution in [0.2, 0.25) is 0 Å². The number of aliphatic hydroxyl groups excluding tert-OH is 2. The Balaban J connectivity index is 1.90. The Morgan fingerprint density at radius 3 is 2.89 bits per heavy atom. The Hall–Kier alpha value is -1.88. The van der Waals surface area contributed by atoms with Crippen LogP contribution in [0.4, 0.5) is 4.39 Å². The molecule has 0 aliphatic carbocycles. The number of Topliss-reactive ketones (excluding diaryl/α,β-unsaturated/α-hetero) is 1. The summed E-state index contributed by atoms with van der Waals surface area (Å²) in [5, 5.41) is 18.1. The second kappa shape index (κ2) is 8.87. The van der Waals surface area contributed by atoms with E-state index in [1.54, 1.807) is 35.1 Å². The van der Waals surface area contributed by atoms with E-state index in [9.17, 15) is 14.3 Å². The highest BCUT2D eigenvalue weighted by atomic mass is 127. The maximum absolute atomic E-state index is 14.3. The van der Waals surface area contributed by atoms with E-state index in [0.717, 1.165) is 9.09 Å². The summed E-state index contributed by atoms with van der Waals surface area (Å²) >= 11 is 2.04. The number of hydrogen-bond acceptors (Lipinski definition) is 5. The molecule has 0 spiro atoms. The number of benzene rings is 1. The largest absolute Gasteiger partial charge is 0.394 e. The number of fused-ring (bicyclic) bond motifs is 1. The van der Waals surface area contributed by atoms with Gasteiger partial charge >= 0.3 is 0 Å². The van der Waals surface area contributed by atoms with Crippen molar-refractivity contribution in [1.29, 1.82) is 0 Å². The number of rotatable bonds is 8. The van der Waals surface area contributed by atoms with Gasteiger partial charge in [-0.3, -0.25) is 4.79 Å². The molecular formula is C19H18FIN2O4. The van der Waals surface area contributed by atoms with Crippen molar-refractivity contribution in [3.05, 3.63) is 69.1 Å². The first-order chi connectivity index (χ1) is 13.0. The van der Waals surface area contributed by atoms with Crippen LogP contribution in [-0.4, -0.2) is 51.3 Å². The zero-order valence-corrected chi connectivity index (χ0v) is 16.5. The van der Waals surface area contributed by atoms with E-state index in [1.807, 2.05) is 28.7 Å². The summed E-state index contributed by atoms with van der Waals surface area (Å²) in [6.45, 7) is -0.824. The number of nitrogens with zero attached hydrogens (tertiary/aromatic N) is 2. The summed E-state index contributed by atoms with van der Waals surface area (Å²) in [7, 11) is 0. The van der Waals surface area contributed by atoms with Gasteiger partial charge in [0.1, 0.15) is 18.5 Å². The van der Waals surface area contributed by atoms with Crippen LogP contribution >= 0.6 is 22.6 Å². The summed E-state index contributed by atoms with van der Waals surface area (Å²) in [5.74, 6) is -0.619. The van der Waals surface area contributed by atoms with Gasteiger partial charge in [-0.15, -0.1) is 0 Å². The third-order valence-corrected chi connectivity index (χ3v) is 4.78. The molecule has 2 aromatic heterocycles. The molecule has 0 radical (unpaired) electrons. The normalized spacial score (nSPS) is 12.4. The van der Waals surface area contributed by atoms with Gasteiger partial charge in [-0.1, -0.05) is 6.07 Å². The first-order valence-electron chi connectivity index (χ1n) is 8.27. The highest BCUT2D eigenvalue weighted by molar-refractivity contribution is 14.1. The molecule has 3 rings (SSSR count). The van der Waals surface area contributed by atoms with E-state index in [0.29, 0.717) is 16.8 Å². The molecule has 2 N–H and O–H groups in total. The fraction of sp³-hybridized carbons (Fsp3) is 0.263. The second-order valence-corrected chi connectivity index (χ2v) is 7.31. The quantitative estimate of drug-likeness (QED) is 0.379. The molecule has 8 heteroatoms.